The summed E-state index contributed by atoms with van der Waals surface area (Å²) in [6.45, 7) is 0. The van der Waals surface area contributed by atoms with Crippen LogP contribution in [-0.2, 0) is 0 Å². The van der Waals surface area contributed by atoms with Crippen LogP contribution in [0.5, 0.6) is 0 Å². The first kappa shape index (κ1) is 15.4. The van der Waals surface area contributed by atoms with Gasteiger partial charge in [-0.05, 0) is 35.9 Å². The van der Waals surface area contributed by atoms with E-state index in [1.165, 1.54) is 6.07 Å². The number of nitro benzene ring substituents is 1. The summed E-state index contributed by atoms with van der Waals surface area (Å²) < 4.78 is 0. The predicted octanol–water partition coefficient (Wildman–Crippen LogP) is 4.59. The average Bonchev–Trinajstić information content (AvgIpc) is 2.62. The van der Waals surface area contributed by atoms with Crippen molar-refractivity contribution in [2.24, 2.45) is 4.99 Å². The Morgan fingerprint density at radius 3 is 2.42 bits per heavy atom. The molecule has 0 saturated carbocycles. The maximum Gasteiger partial charge on any atom is 0.277 e. The quantitative estimate of drug-likeness (QED) is 0.330. The molecule has 0 aliphatic carbocycles. The van der Waals surface area contributed by atoms with Crippen LogP contribution in [0.25, 0.3) is 11.1 Å². The van der Waals surface area contributed by atoms with E-state index in [0.29, 0.717) is 11.3 Å². The molecule has 24 heavy (non-hydrogen) atoms. The Hall–Kier alpha value is -3.47. The molecule has 3 aromatic carbocycles. The maximum atomic E-state index is 11.2. The second kappa shape index (κ2) is 6.75. The molecule has 0 fully saturated rings. The summed E-state index contributed by atoms with van der Waals surface area (Å²) in [5.74, 6) is 0. The normalized spacial score (nSPS) is 10.8. The van der Waals surface area contributed by atoms with Crippen molar-refractivity contribution in [3.05, 3.63) is 88.5 Å². The van der Waals surface area contributed by atoms with Gasteiger partial charge in [-0.3, -0.25) is 15.1 Å². The van der Waals surface area contributed by atoms with Crippen LogP contribution >= 0.6 is 0 Å². The highest BCUT2D eigenvalue weighted by Gasteiger charge is 2.14. The van der Waals surface area contributed by atoms with Gasteiger partial charge in [0, 0.05) is 23.5 Å². The first-order valence-corrected chi connectivity index (χ1v) is 7.37. The molecule has 0 atom stereocenters. The number of hydrogen-bond donors (Lipinski definition) is 1. The van der Waals surface area contributed by atoms with Crippen molar-refractivity contribution >= 4 is 23.3 Å². The van der Waals surface area contributed by atoms with Crippen LogP contribution in [0.4, 0.5) is 17.1 Å². The highest BCUT2D eigenvalue weighted by atomic mass is 16.6. The summed E-state index contributed by atoms with van der Waals surface area (Å²) in [5.41, 5.74) is 9.44. The van der Waals surface area contributed by atoms with E-state index in [0.717, 1.165) is 16.8 Å². The van der Waals surface area contributed by atoms with Gasteiger partial charge < -0.3 is 5.73 Å². The minimum atomic E-state index is -0.385. The van der Waals surface area contributed by atoms with Gasteiger partial charge in [0.15, 0.2) is 0 Å². The molecular formula is C19H15N3O2. The van der Waals surface area contributed by atoms with E-state index < -0.39 is 0 Å². The Morgan fingerprint density at radius 2 is 1.67 bits per heavy atom. The third kappa shape index (κ3) is 3.30. The van der Waals surface area contributed by atoms with E-state index in [-0.39, 0.29) is 10.6 Å². The minimum Gasteiger partial charge on any atom is -0.398 e. The van der Waals surface area contributed by atoms with Crippen LogP contribution in [-0.4, -0.2) is 11.1 Å². The predicted molar refractivity (Wildman–Crippen MR) is 96.6 cm³/mol. The molecular weight excluding hydrogens is 302 g/mol. The van der Waals surface area contributed by atoms with Crippen LogP contribution in [0.3, 0.4) is 0 Å². The van der Waals surface area contributed by atoms with E-state index >= 15 is 0 Å². The van der Waals surface area contributed by atoms with Crippen LogP contribution in [0, 0.1) is 10.1 Å². The molecule has 0 saturated heterocycles. The minimum absolute atomic E-state index is 0.0632. The number of nitrogen functional groups attached to an aromatic ring is 1. The fourth-order valence-corrected chi connectivity index (χ4v) is 2.39. The van der Waals surface area contributed by atoms with Crippen molar-refractivity contribution in [2.45, 2.75) is 0 Å². The van der Waals surface area contributed by atoms with Gasteiger partial charge in [0.1, 0.15) is 0 Å². The summed E-state index contributed by atoms with van der Waals surface area (Å²) in [4.78, 5) is 15.2. The highest BCUT2D eigenvalue weighted by molar-refractivity contribution is 5.91. The van der Waals surface area contributed by atoms with E-state index in [4.69, 9.17) is 5.73 Å². The van der Waals surface area contributed by atoms with E-state index in [1.807, 2.05) is 36.4 Å². The monoisotopic (exact) mass is 317 g/mol. The van der Waals surface area contributed by atoms with Crippen LogP contribution in [0.1, 0.15) is 5.56 Å². The zero-order valence-corrected chi connectivity index (χ0v) is 12.8. The summed E-state index contributed by atoms with van der Waals surface area (Å²) in [6, 6.07) is 21.5. The number of anilines is 1. The van der Waals surface area contributed by atoms with Gasteiger partial charge >= 0.3 is 0 Å². The molecule has 0 bridgehead atoms. The smallest absolute Gasteiger partial charge is 0.277 e. The first-order chi connectivity index (χ1) is 11.6. The van der Waals surface area contributed by atoms with Crippen molar-refractivity contribution in [1.29, 1.82) is 0 Å². The second-order valence-electron chi connectivity index (χ2n) is 5.21. The number of nitro groups is 1. The van der Waals surface area contributed by atoms with Crippen LogP contribution in [0.15, 0.2) is 77.8 Å². The number of nitrogens with two attached hydrogens (primary N) is 1. The van der Waals surface area contributed by atoms with Gasteiger partial charge in [0.25, 0.3) is 5.69 Å². The van der Waals surface area contributed by atoms with Gasteiger partial charge in [-0.1, -0.05) is 36.4 Å². The van der Waals surface area contributed by atoms with Gasteiger partial charge in [-0.15, -0.1) is 0 Å². The van der Waals surface area contributed by atoms with Gasteiger partial charge in [0.2, 0.25) is 0 Å². The maximum absolute atomic E-state index is 11.2. The van der Waals surface area contributed by atoms with Crippen molar-refractivity contribution in [3.8, 4) is 11.1 Å². The molecule has 0 unspecified atom stereocenters. The number of hydrogen-bond acceptors (Lipinski definition) is 4. The van der Waals surface area contributed by atoms with Crippen molar-refractivity contribution in [3.63, 3.8) is 0 Å². The Labute approximate surface area is 139 Å². The Balaban J connectivity index is 2.01. The number of rotatable bonds is 4. The molecule has 0 aliphatic heterocycles. The third-order valence-corrected chi connectivity index (χ3v) is 3.61. The van der Waals surface area contributed by atoms with Crippen molar-refractivity contribution < 1.29 is 4.92 Å². The lowest BCUT2D eigenvalue weighted by molar-refractivity contribution is -0.384. The Kier molecular flexibility index (Phi) is 4.34. The van der Waals surface area contributed by atoms with E-state index in [2.05, 4.69) is 4.99 Å². The van der Waals surface area contributed by atoms with Crippen molar-refractivity contribution in [2.75, 3.05) is 5.73 Å². The van der Waals surface area contributed by atoms with E-state index in [9.17, 15) is 10.1 Å². The summed E-state index contributed by atoms with van der Waals surface area (Å²) in [6.07, 6.45) is 1.67. The number of para-hydroxylation sites is 2. The lowest BCUT2D eigenvalue weighted by Gasteiger charge is -2.06. The zero-order chi connectivity index (χ0) is 16.9. The zero-order valence-electron chi connectivity index (χ0n) is 12.8. The molecule has 0 aromatic heterocycles. The van der Waals surface area contributed by atoms with Gasteiger partial charge in [-0.2, -0.15) is 0 Å². The molecule has 3 aromatic rings. The summed E-state index contributed by atoms with van der Waals surface area (Å²) >= 11 is 0. The number of benzene rings is 3. The SMILES string of the molecule is Nc1ccc(-c2ccccc2[N+](=O)[O-])cc1C=Nc1ccccc1. The van der Waals surface area contributed by atoms with Gasteiger partial charge in [0.05, 0.1) is 16.2 Å². The van der Waals surface area contributed by atoms with Crippen molar-refractivity contribution in [1.82, 2.24) is 0 Å². The molecule has 2 N–H and O–H groups in total. The van der Waals surface area contributed by atoms with Crippen LogP contribution < -0.4 is 5.73 Å². The Bertz CT molecular complexity index is 905. The molecule has 0 spiro atoms. The number of aliphatic imine (C=N–C) groups is 1. The summed E-state index contributed by atoms with van der Waals surface area (Å²) in [5, 5.41) is 11.2. The standard InChI is InChI=1S/C19H15N3O2/c20-18-11-10-14(17-8-4-5-9-19(17)22(23)24)12-15(18)13-21-16-6-2-1-3-7-16/h1-13H,20H2. The molecule has 0 aliphatic rings. The topological polar surface area (TPSA) is 81.5 Å². The second-order valence-corrected chi connectivity index (χ2v) is 5.21. The molecule has 3 rings (SSSR count). The molecule has 0 radical (unpaired) electrons. The first-order valence-electron chi connectivity index (χ1n) is 7.37. The number of nitrogens with zero attached hydrogens (tertiary/aromatic N) is 2. The lowest BCUT2D eigenvalue weighted by atomic mass is 10.0. The molecule has 0 heterocycles. The van der Waals surface area contributed by atoms with Gasteiger partial charge in [-0.25, -0.2) is 0 Å². The van der Waals surface area contributed by atoms with Crippen LogP contribution in [0.2, 0.25) is 0 Å². The average molecular weight is 317 g/mol. The highest BCUT2D eigenvalue weighted by Crippen LogP contribution is 2.31. The molecule has 0 amide bonds. The van der Waals surface area contributed by atoms with E-state index in [1.54, 1.807) is 36.5 Å². The molecule has 5 nitrogen and oxygen atoms in total. The Morgan fingerprint density at radius 1 is 0.958 bits per heavy atom. The molecule has 118 valence electrons. The lowest BCUT2D eigenvalue weighted by Crippen LogP contribution is -1.96. The third-order valence-electron chi connectivity index (χ3n) is 3.61. The largest absolute Gasteiger partial charge is 0.398 e. The molecule has 5 heteroatoms. The fourth-order valence-electron chi connectivity index (χ4n) is 2.39. The summed E-state index contributed by atoms with van der Waals surface area (Å²) in [7, 11) is 0. The fraction of sp³-hybridized carbons (Fsp3) is 0.